The number of anilines is 1. The van der Waals surface area contributed by atoms with Crippen molar-refractivity contribution in [3.05, 3.63) is 24.4 Å². The van der Waals surface area contributed by atoms with Gasteiger partial charge < -0.3 is 10.2 Å². The molecule has 1 N–H and O–H groups in total. The summed E-state index contributed by atoms with van der Waals surface area (Å²) in [7, 11) is 0. The molecule has 0 saturated carbocycles. The van der Waals surface area contributed by atoms with Gasteiger partial charge in [-0.15, -0.1) is 24.8 Å². The van der Waals surface area contributed by atoms with Gasteiger partial charge >= 0.3 is 0 Å². The van der Waals surface area contributed by atoms with Gasteiger partial charge in [-0.05, 0) is 19.1 Å². The summed E-state index contributed by atoms with van der Waals surface area (Å²) in [6.07, 6.45) is 1.85. The molecule has 15 heavy (non-hydrogen) atoms. The Kier molecular flexibility index (Phi) is 6.65. The van der Waals surface area contributed by atoms with Gasteiger partial charge in [0, 0.05) is 31.9 Å². The molecule has 0 aliphatic carbocycles. The van der Waals surface area contributed by atoms with E-state index in [2.05, 4.69) is 28.2 Å². The number of halogens is 2. The second-order valence-electron chi connectivity index (χ2n) is 3.49. The summed E-state index contributed by atoms with van der Waals surface area (Å²) < 4.78 is 0. The standard InChI is InChI=1S/C10H15N3.2ClH/c1-9-8-13(7-6-11-9)10-4-2-3-5-12-10;;/h2-5,9,11H,6-8H2,1H3;2*1H/t9-;;/m0../s1. The Labute approximate surface area is 103 Å². The smallest absolute Gasteiger partial charge is 0.128 e. The zero-order chi connectivity index (χ0) is 9.10. The molecule has 86 valence electrons. The minimum absolute atomic E-state index is 0. The van der Waals surface area contributed by atoms with Crippen molar-refractivity contribution in [2.45, 2.75) is 13.0 Å². The first-order chi connectivity index (χ1) is 6.36. The molecule has 0 bridgehead atoms. The molecule has 1 aromatic rings. The van der Waals surface area contributed by atoms with Crippen molar-refractivity contribution in [3.8, 4) is 0 Å². The van der Waals surface area contributed by atoms with Gasteiger partial charge in [0.1, 0.15) is 5.82 Å². The van der Waals surface area contributed by atoms with Crippen molar-refractivity contribution in [3.63, 3.8) is 0 Å². The molecule has 1 fully saturated rings. The maximum Gasteiger partial charge on any atom is 0.128 e. The Morgan fingerprint density at radius 1 is 1.40 bits per heavy atom. The van der Waals surface area contributed by atoms with Gasteiger partial charge in [-0.3, -0.25) is 0 Å². The van der Waals surface area contributed by atoms with E-state index in [4.69, 9.17) is 0 Å². The van der Waals surface area contributed by atoms with Crippen molar-refractivity contribution in [1.29, 1.82) is 0 Å². The summed E-state index contributed by atoms with van der Waals surface area (Å²) in [5.41, 5.74) is 0. The predicted octanol–water partition coefficient (Wildman–Crippen LogP) is 1.72. The molecule has 5 heteroatoms. The first-order valence-corrected chi connectivity index (χ1v) is 4.75. The lowest BCUT2D eigenvalue weighted by Gasteiger charge is -2.32. The molecule has 0 radical (unpaired) electrons. The van der Waals surface area contributed by atoms with Crippen LogP contribution in [0.1, 0.15) is 6.92 Å². The fourth-order valence-corrected chi connectivity index (χ4v) is 1.68. The molecular formula is C10H17Cl2N3. The Bertz CT molecular complexity index is 269. The highest BCUT2D eigenvalue weighted by Gasteiger charge is 2.15. The second-order valence-corrected chi connectivity index (χ2v) is 3.49. The van der Waals surface area contributed by atoms with Crippen LogP contribution in [0, 0.1) is 0 Å². The maximum absolute atomic E-state index is 4.34. The molecule has 1 aromatic heterocycles. The van der Waals surface area contributed by atoms with Crippen molar-refractivity contribution < 1.29 is 0 Å². The molecule has 1 atom stereocenters. The summed E-state index contributed by atoms with van der Waals surface area (Å²) in [6, 6.07) is 6.62. The minimum Gasteiger partial charge on any atom is -0.354 e. The zero-order valence-corrected chi connectivity index (χ0v) is 10.4. The van der Waals surface area contributed by atoms with Crippen LogP contribution in [0.5, 0.6) is 0 Å². The van der Waals surface area contributed by atoms with Gasteiger partial charge in [-0.1, -0.05) is 6.07 Å². The number of nitrogens with zero attached hydrogens (tertiary/aromatic N) is 2. The SMILES string of the molecule is C[C@H]1CN(c2ccccn2)CCN1.Cl.Cl. The lowest BCUT2D eigenvalue weighted by molar-refractivity contribution is 0.482. The Hall–Kier alpha value is -0.510. The monoisotopic (exact) mass is 249 g/mol. The second kappa shape index (κ2) is 6.88. The number of aromatic nitrogens is 1. The van der Waals surface area contributed by atoms with Crippen LogP contribution >= 0.6 is 24.8 Å². The zero-order valence-electron chi connectivity index (χ0n) is 8.72. The highest BCUT2D eigenvalue weighted by Crippen LogP contribution is 2.11. The highest BCUT2D eigenvalue weighted by molar-refractivity contribution is 5.85. The summed E-state index contributed by atoms with van der Waals surface area (Å²) in [6.45, 7) is 5.37. The third-order valence-corrected chi connectivity index (χ3v) is 2.34. The van der Waals surface area contributed by atoms with Gasteiger partial charge in [0.2, 0.25) is 0 Å². The van der Waals surface area contributed by atoms with E-state index in [1.165, 1.54) is 0 Å². The van der Waals surface area contributed by atoms with Crippen LogP contribution in [0.15, 0.2) is 24.4 Å². The van der Waals surface area contributed by atoms with Crippen molar-refractivity contribution in [1.82, 2.24) is 10.3 Å². The molecule has 2 rings (SSSR count). The van der Waals surface area contributed by atoms with Crippen molar-refractivity contribution in [2.24, 2.45) is 0 Å². The van der Waals surface area contributed by atoms with E-state index in [0.29, 0.717) is 6.04 Å². The fraction of sp³-hybridized carbons (Fsp3) is 0.500. The fourth-order valence-electron chi connectivity index (χ4n) is 1.68. The van der Waals surface area contributed by atoms with Crippen LogP contribution < -0.4 is 10.2 Å². The van der Waals surface area contributed by atoms with Gasteiger partial charge in [0.25, 0.3) is 0 Å². The number of pyridine rings is 1. The topological polar surface area (TPSA) is 28.2 Å². The van der Waals surface area contributed by atoms with Crippen LogP contribution in [-0.2, 0) is 0 Å². The largest absolute Gasteiger partial charge is 0.354 e. The highest BCUT2D eigenvalue weighted by atomic mass is 35.5. The number of piperazine rings is 1. The quantitative estimate of drug-likeness (QED) is 0.822. The molecule has 0 unspecified atom stereocenters. The van der Waals surface area contributed by atoms with Crippen LogP contribution in [0.4, 0.5) is 5.82 Å². The third-order valence-electron chi connectivity index (χ3n) is 2.34. The molecule has 0 aromatic carbocycles. The summed E-state index contributed by atoms with van der Waals surface area (Å²) >= 11 is 0. The summed E-state index contributed by atoms with van der Waals surface area (Å²) in [5, 5.41) is 3.41. The van der Waals surface area contributed by atoms with Crippen LogP contribution in [-0.4, -0.2) is 30.7 Å². The number of hydrogen-bond acceptors (Lipinski definition) is 3. The molecule has 1 aliphatic rings. The van der Waals surface area contributed by atoms with E-state index >= 15 is 0 Å². The Balaban J connectivity index is 0.000000980. The van der Waals surface area contributed by atoms with E-state index in [1.54, 1.807) is 0 Å². The number of hydrogen-bond donors (Lipinski definition) is 1. The van der Waals surface area contributed by atoms with Gasteiger partial charge in [0.05, 0.1) is 0 Å². The number of nitrogens with one attached hydrogen (secondary N) is 1. The summed E-state index contributed by atoms with van der Waals surface area (Å²) in [4.78, 5) is 6.66. The van der Waals surface area contributed by atoms with E-state index in [1.807, 2.05) is 18.3 Å². The van der Waals surface area contributed by atoms with E-state index in [-0.39, 0.29) is 24.8 Å². The van der Waals surface area contributed by atoms with Crippen molar-refractivity contribution in [2.75, 3.05) is 24.5 Å². The molecule has 0 amide bonds. The number of rotatable bonds is 1. The first-order valence-electron chi connectivity index (χ1n) is 4.75. The van der Waals surface area contributed by atoms with Gasteiger partial charge in [-0.2, -0.15) is 0 Å². The van der Waals surface area contributed by atoms with Gasteiger partial charge in [-0.25, -0.2) is 4.98 Å². The third kappa shape index (κ3) is 3.86. The van der Waals surface area contributed by atoms with E-state index in [0.717, 1.165) is 25.5 Å². The minimum atomic E-state index is 0. The Morgan fingerprint density at radius 3 is 2.80 bits per heavy atom. The maximum atomic E-state index is 4.34. The van der Waals surface area contributed by atoms with Gasteiger partial charge in [0.15, 0.2) is 0 Å². The molecule has 1 aliphatic heterocycles. The normalized spacial score (nSPS) is 20.1. The van der Waals surface area contributed by atoms with Crippen LogP contribution in [0.3, 0.4) is 0 Å². The molecular weight excluding hydrogens is 233 g/mol. The predicted molar refractivity (Wildman–Crippen MR) is 68.4 cm³/mol. The van der Waals surface area contributed by atoms with Crippen LogP contribution in [0.2, 0.25) is 0 Å². The van der Waals surface area contributed by atoms with E-state index < -0.39 is 0 Å². The van der Waals surface area contributed by atoms with Crippen LogP contribution in [0.25, 0.3) is 0 Å². The lowest BCUT2D eigenvalue weighted by atomic mass is 10.2. The molecule has 2 heterocycles. The lowest BCUT2D eigenvalue weighted by Crippen LogP contribution is -2.49. The van der Waals surface area contributed by atoms with Crippen molar-refractivity contribution >= 4 is 30.6 Å². The Morgan fingerprint density at radius 2 is 2.20 bits per heavy atom. The summed E-state index contributed by atoms with van der Waals surface area (Å²) in [5.74, 6) is 1.09. The average molecular weight is 250 g/mol. The first kappa shape index (κ1) is 14.5. The molecule has 0 spiro atoms. The molecule has 1 saturated heterocycles. The van der Waals surface area contributed by atoms with E-state index in [9.17, 15) is 0 Å². The average Bonchev–Trinajstić information content (AvgIpc) is 2.19. The molecule has 3 nitrogen and oxygen atoms in total.